The summed E-state index contributed by atoms with van der Waals surface area (Å²) in [4.78, 5) is 14.7. The molecule has 150 valence electrons. The first kappa shape index (κ1) is 18.0. The second-order valence-electron chi connectivity index (χ2n) is 9.48. The van der Waals surface area contributed by atoms with Crippen molar-refractivity contribution in [3.05, 3.63) is 35.4 Å². The van der Waals surface area contributed by atoms with Crippen LogP contribution in [0.5, 0.6) is 11.5 Å². The van der Waals surface area contributed by atoms with E-state index in [1.807, 2.05) is 12.1 Å². The summed E-state index contributed by atoms with van der Waals surface area (Å²) in [6.07, 6.45) is 4.10. The van der Waals surface area contributed by atoms with E-state index in [1.165, 1.54) is 5.56 Å². The minimum atomic E-state index is -0.744. The molecule has 1 fully saturated rings. The highest BCUT2D eigenvalue weighted by atomic mass is 16.7. The van der Waals surface area contributed by atoms with Crippen LogP contribution in [0, 0.1) is 5.92 Å². The molecule has 2 aliphatic heterocycles. The lowest BCUT2D eigenvalue weighted by molar-refractivity contribution is -0.0454. The number of rotatable bonds is 1. The topological polar surface area (TPSA) is 68.2 Å². The van der Waals surface area contributed by atoms with Gasteiger partial charge in [-0.15, -0.1) is 0 Å². The van der Waals surface area contributed by atoms with Crippen LogP contribution in [-0.4, -0.2) is 53.6 Å². The highest BCUT2D eigenvalue weighted by Crippen LogP contribution is 2.62. The maximum Gasteiger partial charge on any atom is 0.514 e. The smallest absolute Gasteiger partial charge is 0.482 e. The molecule has 2 unspecified atom stereocenters. The molecule has 0 amide bonds. The first-order valence-corrected chi connectivity index (χ1v) is 10.0. The summed E-state index contributed by atoms with van der Waals surface area (Å²) in [5.74, 6) is 1.26. The van der Waals surface area contributed by atoms with Gasteiger partial charge in [0.1, 0.15) is 17.8 Å². The summed E-state index contributed by atoms with van der Waals surface area (Å²) in [6.45, 7) is 6.36. The number of hydrogen-bond donors (Lipinski definition) is 1. The van der Waals surface area contributed by atoms with Crippen molar-refractivity contribution in [1.29, 1.82) is 0 Å². The van der Waals surface area contributed by atoms with E-state index in [0.29, 0.717) is 17.5 Å². The van der Waals surface area contributed by atoms with E-state index in [0.717, 1.165) is 24.9 Å². The molecule has 1 N–H and O–H groups in total. The minimum absolute atomic E-state index is 0.262. The fourth-order valence-electron chi connectivity index (χ4n) is 5.67. The van der Waals surface area contributed by atoms with E-state index in [9.17, 15) is 9.90 Å². The van der Waals surface area contributed by atoms with Gasteiger partial charge in [0, 0.05) is 22.9 Å². The fraction of sp³-hybridized carbons (Fsp3) is 0.591. The summed E-state index contributed by atoms with van der Waals surface area (Å²) in [5.41, 5.74) is 1.45. The van der Waals surface area contributed by atoms with Crippen molar-refractivity contribution in [3.63, 3.8) is 0 Å². The number of carbonyl (C=O) groups is 1. The van der Waals surface area contributed by atoms with Crippen LogP contribution in [0.25, 0.3) is 0 Å². The van der Waals surface area contributed by atoms with Gasteiger partial charge in [-0.05, 0) is 58.8 Å². The number of likely N-dealkylation sites (tertiary alicyclic amines) is 1. The molecule has 1 aromatic carbocycles. The lowest BCUT2D eigenvalue weighted by atomic mass is 9.53. The van der Waals surface area contributed by atoms with E-state index in [4.69, 9.17) is 14.2 Å². The molecule has 1 saturated heterocycles. The Bertz CT molecular complexity index is 872. The Morgan fingerprint density at radius 2 is 2.11 bits per heavy atom. The molecule has 2 heterocycles. The number of aliphatic hydroxyl groups is 1. The number of hydrogen-bond acceptors (Lipinski definition) is 6. The predicted molar refractivity (Wildman–Crippen MR) is 103 cm³/mol. The van der Waals surface area contributed by atoms with Gasteiger partial charge in [-0.1, -0.05) is 18.2 Å². The van der Waals surface area contributed by atoms with E-state index < -0.39 is 17.9 Å². The van der Waals surface area contributed by atoms with Crippen molar-refractivity contribution in [3.8, 4) is 11.5 Å². The first-order valence-electron chi connectivity index (χ1n) is 10.0. The van der Waals surface area contributed by atoms with E-state index >= 15 is 0 Å². The molecular formula is C22H27NO5. The quantitative estimate of drug-likeness (QED) is 0.456. The molecule has 6 nitrogen and oxygen atoms in total. The van der Waals surface area contributed by atoms with Gasteiger partial charge < -0.3 is 24.2 Å². The Balaban J connectivity index is 1.60. The third-order valence-corrected chi connectivity index (χ3v) is 6.72. The van der Waals surface area contributed by atoms with Crippen LogP contribution in [0.1, 0.15) is 38.3 Å². The van der Waals surface area contributed by atoms with Crippen LogP contribution >= 0.6 is 0 Å². The summed E-state index contributed by atoms with van der Waals surface area (Å²) >= 11 is 0. The summed E-state index contributed by atoms with van der Waals surface area (Å²) in [7, 11) is 2.17. The number of benzene rings is 1. The van der Waals surface area contributed by atoms with Crippen LogP contribution in [-0.2, 0) is 16.6 Å². The van der Waals surface area contributed by atoms with Crippen molar-refractivity contribution < 1.29 is 24.1 Å². The Labute approximate surface area is 165 Å². The van der Waals surface area contributed by atoms with Gasteiger partial charge in [0.25, 0.3) is 0 Å². The molecule has 1 aromatic rings. The number of aliphatic hydroxyl groups excluding tert-OH is 1. The monoisotopic (exact) mass is 385 g/mol. The molecule has 2 bridgehead atoms. The maximum absolute atomic E-state index is 12.3. The average Bonchev–Trinajstić information content (AvgIpc) is 2.95. The highest BCUT2D eigenvalue weighted by Gasteiger charge is 2.64. The molecule has 0 saturated carbocycles. The zero-order chi connectivity index (χ0) is 19.8. The fourth-order valence-corrected chi connectivity index (χ4v) is 5.67. The van der Waals surface area contributed by atoms with Crippen molar-refractivity contribution in [2.24, 2.45) is 5.92 Å². The molecule has 2 aliphatic carbocycles. The number of nitrogens with zero attached hydrogens (tertiary/aromatic N) is 1. The second-order valence-corrected chi connectivity index (χ2v) is 9.48. The third kappa shape index (κ3) is 2.37. The molecule has 28 heavy (non-hydrogen) atoms. The molecule has 5 rings (SSSR count). The number of piperidine rings is 1. The van der Waals surface area contributed by atoms with E-state index in [1.54, 1.807) is 26.8 Å². The molecule has 0 aromatic heterocycles. The van der Waals surface area contributed by atoms with E-state index in [2.05, 4.69) is 18.0 Å². The average molecular weight is 385 g/mol. The van der Waals surface area contributed by atoms with Crippen LogP contribution in [0.15, 0.2) is 24.3 Å². The molecule has 6 heteroatoms. The number of ether oxygens (including phenoxy) is 3. The van der Waals surface area contributed by atoms with E-state index in [-0.39, 0.29) is 17.4 Å². The summed E-state index contributed by atoms with van der Waals surface area (Å²) < 4.78 is 17.2. The number of likely N-dealkylation sites (N-methyl/N-ethyl adjacent to an activating group) is 1. The highest BCUT2D eigenvalue weighted by molar-refractivity contribution is 5.69. The third-order valence-electron chi connectivity index (χ3n) is 6.72. The standard InChI is InChI=1S/C22H27NO5/c1-21(2,3)28-20(25)26-16-8-5-12-11-14-13-6-7-15(24)19-22(13,9-10-23(14)4)17(12)18(16)27-19/h5-8,13-15,19,24H,9-11H2,1-4H3/t13?,14?,15-,19+,22+/m1/s1. The SMILES string of the molecule is CN1CC[C@]23c4c5ccc(OC(=O)OC(C)(C)C)c4O[C@H]2[C@H](O)C=CC3C1C5. The lowest BCUT2D eigenvalue weighted by Crippen LogP contribution is -2.64. The van der Waals surface area contributed by atoms with Gasteiger partial charge in [-0.3, -0.25) is 0 Å². The zero-order valence-corrected chi connectivity index (χ0v) is 16.8. The van der Waals surface area contributed by atoms with Gasteiger partial charge in [-0.2, -0.15) is 0 Å². The van der Waals surface area contributed by atoms with Crippen LogP contribution in [0.4, 0.5) is 4.79 Å². The van der Waals surface area contributed by atoms with Crippen molar-refractivity contribution >= 4 is 6.16 Å². The molecular weight excluding hydrogens is 358 g/mol. The van der Waals surface area contributed by atoms with Crippen LogP contribution in [0.2, 0.25) is 0 Å². The Hall–Kier alpha value is -2.05. The largest absolute Gasteiger partial charge is 0.514 e. The van der Waals surface area contributed by atoms with Crippen molar-refractivity contribution in [2.45, 2.75) is 62.9 Å². The van der Waals surface area contributed by atoms with Gasteiger partial charge in [0.05, 0.1) is 0 Å². The molecule has 1 spiro atoms. The maximum atomic E-state index is 12.3. The van der Waals surface area contributed by atoms with Crippen LogP contribution in [0.3, 0.4) is 0 Å². The zero-order valence-electron chi connectivity index (χ0n) is 16.8. The van der Waals surface area contributed by atoms with Gasteiger partial charge in [-0.25, -0.2) is 4.79 Å². The van der Waals surface area contributed by atoms with Crippen molar-refractivity contribution in [1.82, 2.24) is 4.90 Å². The Morgan fingerprint density at radius 1 is 1.32 bits per heavy atom. The van der Waals surface area contributed by atoms with Gasteiger partial charge in [0.15, 0.2) is 11.5 Å². The Kier molecular flexibility index (Phi) is 3.69. The van der Waals surface area contributed by atoms with Crippen molar-refractivity contribution in [2.75, 3.05) is 13.6 Å². The molecule has 4 aliphatic rings. The van der Waals surface area contributed by atoms with Gasteiger partial charge >= 0.3 is 6.16 Å². The molecule has 5 atom stereocenters. The normalized spacial score (nSPS) is 35.2. The number of carbonyl (C=O) groups excluding carboxylic acids is 1. The Morgan fingerprint density at radius 3 is 2.86 bits per heavy atom. The van der Waals surface area contributed by atoms with Gasteiger partial charge in [0.2, 0.25) is 0 Å². The lowest BCUT2D eigenvalue weighted by Gasteiger charge is -2.56. The minimum Gasteiger partial charge on any atom is -0.482 e. The van der Waals surface area contributed by atoms with Crippen LogP contribution < -0.4 is 9.47 Å². The second kappa shape index (κ2) is 5.74. The summed E-state index contributed by atoms with van der Waals surface area (Å²) in [6, 6.07) is 4.22. The predicted octanol–water partition coefficient (Wildman–Crippen LogP) is 2.81. The molecule has 0 radical (unpaired) electrons. The first-order chi connectivity index (χ1) is 13.2. The summed E-state index contributed by atoms with van der Waals surface area (Å²) in [5, 5.41) is 10.7.